The Kier molecular flexibility index (Phi) is 5.50. The van der Waals surface area contributed by atoms with E-state index in [1.165, 1.54) is 0 Å². The first kappa shape index (κ1) is 21.4. The van der Waals surface area contributed by atoms with E-state index >= 15 is 0 Å². The zero-order valence-electron chi connectivity index (χ0n) is 19.1. The number of carbonyl (C=O) groups excluding carboxylic acids is 1. The lowest BCUT2D eigenvalue weighted by Gasteiger charge is -2.45. The van der Waals surface area contributed by atoms with E-state index < -0.39 is 5.54 Å². The Morgan fingerprint density at radius 1 is 1.32 bits per heavy atom. The molecule has 2 aliphatic heterocycles. The number of amides is 2. The van der Waals surface area contributed by atoms with Gasteiger partial charge in [0, 0.05) is 36.9 Å². The molecule has 10 heteroatoms. The zero-order chi connectivity index (χ0) is 22.3. The summed E-state index contributed by atoms with van der Waals surface area (Å²) in [6.45, 7) is 12.8. The molecule has 2 aromatic heterocycles. The fourth-order valence-electron chi connectivity index (χ4n) is 4.38. The first-order valence-corrected chi connectivity index (χ1v) is 10.8. The molecule has 2 aliphatic rings. The minimum absolute atomic E-state index is 0.0636. The van der Waals surface area contributed by atoms with Crippen LogP contribution in [0.4, 0.5) is 16.4 Å². The molecule has 1 fully saturated rings. The summed E-state index contributed by atoms with van der Waals surface area (Å²) in [7, 11) is 2.11. The van der Waals surface area contributed by atoms with Crippen LogP contribution in [0.1, 0.15) is 45.9 Å². The summed E-state index contributed by atoms with van der Waals surface area (Å²) in [5, 5.41) is 10.8. The van der Waals surface area contributed by atoms with E-state index in [4.69, 9.17) is 4.74 Å². The van der Waals surface area contributed by atoms with E-state index in [0.717, 1.165) is 24.3 Å². The molecule has 0 saturated carbocycles. The van der Waals surface area contributed by atoms with Gasteiger partial charge in [0.05, 0.1) is 24.4 Å². The van der Waals surface area contributed by atoms with E-state index in [1.807, 2.05) is 16.7 Å². The van der Waals surface area contributed by atoms with E-state index in [1.54, 1.807) is 12.3 Å². The number of hydrogen-bond donors (Lipinski definition) is 2. The Hall–Kier alpha value is -2.88. The molecule has 2 aromatic rings. The minimum Gasteiger partial charge on any atom is -0.464 e. The molecule has 2 N–H and O–H groups in total. The van der Waals surface area contributed by atoms with Crippen molar-refractivity contribution in [1.29, 1.82) is 0 Å². The highest BCUT2D eigenvalue weighted by molar-refractivity contribution is 5.78. The molecule has 2 amide bonds. The Labute approximate surface area is 183 Å². The van der Waals surface area contributed by atoms with Crippen LogP contribution < -0.4 is 10.1 Å². The molecule has 0 radical (unpaired) electrons. The Balaban J connectivity index is 1.55. The first-order chi connectivity index (χ1) is 14.7. The van der Waals surface area contributed by atoms with Gasteiger partial charge in [0.15, 0.2) is 5.82 Å². The summed E-state index contributed by atoms with van der Waals surface area (Å²) in [5.41, 5.74) is 1.43. The average Bonchev–Trinajstić information content (AvgIpc) is 3.23. The number of urea groups is 1. The number of H-pyrrole nitrogens is 1. The van der Waals surface area contributed by atoms with Crippen molar-refractivity contribution in [2.45, 2.75) is 58.8 Å². The molecular weight excluding hydrogens is 396 g/mol. The largest absolute Gasteiger partial charge is 0.464 e. The van der Waals surface area contributed by atoms with Gasteiger partial charge >= 0.3 is 12.0 Å². The van der Waals surface area contributed by atoms with Crippen LogP contribution in [0.25, 0.3) is 0 Å². The number of ether oxygens (including phenoxy) is 1. The van der Waals surface area contributed by atoms with Crippen LogP contribution in [0.15, 0.2) is 12.3 Å². The Bertz CT molecular complexity index is 959. The van der Waals surface area contributed by atoms with Crippen molar-refractivity contribution in [3.05, 3.63) is 23.5 Å². The second-order valence-electron chi connectivity index (χ2n) is 8.93. The molecule has 0 aliphatic carbocycles. The van der Waals surface area contributed by atoms with E-state index in [2.05, 4.69) is 65.1 Å². The molecule has 0 unspecified atom stereocenters. The van der Waals surface area contributed by atoms with Gasteiger partial charge in [0.25, 0.3) is 0 Å². The summed E-state index contributed by atoms with van der Waals surface area (Å²) < 4.78 is 5.38. The van der Waals surface area contributed by atoms with Gasteiger partial charge in [-0.25, -0.2) is 9.78 Å². The van der Waals surface area contributed by atoms with Crippen molar-refractivity contribution in [1.82, 2.24) is 34.9 Å². The predicted octanol–water partition coefficient (Wildman–Crippen LogP) is 2.54. The number of aromatic nitrogens is 4. The third kappa shape index (κ3) is 3.80. The van der Waals surface area contributed by atoms with Gasteiger partial charge in [0.2, 0.25) is 0 Å². The van der Waals surface area contributed by atoms with Crippen molar-refractivity contribution < 1.29 is 9.53 Å². The number of nitrogens with one attached hydrogen (secondary N) is 2. The molecule has 4 rings (SSSR count). The standard InChI is InChI=1S/C21H32N8O2/c1-7-31-19-22-9-8-16(24-19)23-18-15-12-29(21(4,5)17(15)25-26-18)20(30)28-11-13(2)27(6)10-14(28)3/h8-9,13-14H,7,10-12H2,1-6H3,(H2,22,23,24,25,26)/t13-,14+/m1/s1. The maximum absolute atomic E-state index is 13.6. The summed E-state index contributed by atoms with van der Waals surface area (Å²) in [5.74, 6) is 1.26. The monoisotopic (exact) mass is 428 g/mol. The van der Waals surface area contributed by atoms with Gasteiger partial charge in [-0.15, -0.1) is 0 Å². The van der Waals surface area contributed by atoms with Gasteiger partial charge in [-0.3, -0.25) is 10.00 Å². The second-order valence-corrected chi connectivity index (χ2v) is 8.93. The number of likely N-dealkylation sites (N-methyl/N-ethyl adjacent to an activating group) is 1. The highest BCUT2D eigenvalue weighted by atomic mass is 16.5. The second kappa shape index (κ2) is 7.99. The van der Waals surface area contributed by atoms with E-state index in [0.29, 0.717) is 36.8 Å². The van der Waals surface area contributed by atoms with Gasteiger partial charge in [-0.1, -0.05) is 0 Å². The molecule has 31 heavy (non-hydrogen) atoms. The lowest BCUT2D eigenvalue weighted by molar-refractivity contribution is 0.0457. The highest BCUT2D eigenvalue weighted by Gasteiger charge is 2.46. The first-order valence-electron chi connectivity index (χ1n) is 10.8. The quantitative estimate of drug-likeness (QED) is 0.771. The molecule has 0 aromatic carbocycles. The van der Waals surface area contributed by atoms with Crippen molar-refractivity contribution in [2.75, 3.05) is 32.1 Å². The van der Waals surface area contributed by atoms with Crippen molar-refractivity contribution in [3.8, 4) is 6.01 Å². The van der Waals surface area contributed by atoms with Crippen LogP contribution in [0, 0.1) is 0 Å². The summed E-state index contributed by atoms with van der Waals surface area (Å²) in [6.07, 6.45) is 1.64. The molecule has 0 spiro atoms. The third-order valence-corrected chi connectivity index (χ3v) is 6.40. The summed E-state index contributed by atoms with van der Waals surface area (Å²) in [6, 6.07) is 2.64. The topological polar surface area (TPSA) is 103 Å². The van der Waals surface area contributed by atoms with Crippen LogP contribution in [0.2, 0.25) is 0 Å². The number of carbonyl (C=O) groups is 1. The van der Waals surface area contributed by atoms with E-state index in [9.17, 15) is 4.79 Å². The van der Waals surface area contributed by atoms with Gasteiger partial charge < -0.3 is 19.9 Å². The third-order valence-electron chi connectivity index (χ3n) is 6.40. The SMILES string of the molecule is CCOc1nccc(Nc2n[nH]c3c2CN(C(=O)N2C[C@@H](C)N(C)C[C@@H]2C)C3(C)C)n1. The number of fused-ring (bicyclic) bond motifs is 1. The van der Waals surface area contributed by atoms with Crippen LogP contribution in [-0.2, 0) is 12.1 Å². The maximum atomic E-state index is 13.6. The van der Waals surface area contributed by atoms with Gasteiger partial charge in [-0.05, 0) is 47.7 Å². The minimum atomic E-state index is -0.492. The number of aromatic amines is 1. The molecule has 0 bridgehead atoms. The molecule has 168 valence electrons. The number of rotatable bonds is 4. The van der Waals surface area contributed by atoms with Crippen LogP contribution in [0.5, 0.6) is 6.01 Å². The van der Waals surface area contributed by atoms with Gasteiger partial charge in [-0.2, -0.15) is 10.1 Å². The molecule has 2 atom stereocenters. The number of hydrogen-bond acceptors (Lipinski definition) is 7. The lowest BCUT2D eigenvalue weighted by Crippen LogP contribution is -2.60. The number of anilines is 2. The normalized spacial score (nSPS) is 23.0. The molecule has 1 saturated heterocycles. The van der Waals surface area contributed by atoms with Crippen LogP contribution in [-0.4, -0.2) is 79.7 Å². The zero-order valence-corrected chi connectivity index (χ0v) is 19.1. The van der Waals surface area contributed by atoms with Crippen molar-refractivity contribution in [3.63, 3.8) is 0 Å². The number of piperazine rings is 1. The fraction of sp³-hybridized carbons (Fsp3) is 0.619. The average molecular weight is 429 g/mol. The maximum Gasteiger partial charge on any atom is 0.321 e. The lowest BCUT2D eigenvalue weighted by atomic mass is 10.0. The molecule has 4 heterocycles. The molecular formula is C21H32N8O2. The summed E-state index contributed by atoms with van der Waals surface area (Å²) >= 11 is 0. The summed E-state index contributed by atoms with van der Waals surface area (Å²) in [4.78, 5) is 28.3. The van der Waals surface area contributed by atoms with Crippen molar-refractivity contribution in [2.24, 2.45) is 0 Å². The van der Waals surface area contributed by atoms with Gasteiger partial charge in [0.1, 0.15) is 5.82 Å². The Morgan fingerprint density at radius 2 is 2.10 bits per heavy atom. The van der Waals surface area contributed by atoms with Crippen LogP contribution in [0.3, 0.4) is 0 Å². The Morgan fingerprint density at radius 3 is 2.84 bits per heavy atom. The van der Waals surface area contributed by atoms with E-state index in [-0.39, 0.29) is 12.1 Å². The fourth-order valence-corrected chi connectivity index (χ4v) is 4.38. The van der Waals surface area contributed by atoms with Crippen molar-refractivity contribution >= 4 is 17.7 Å². The smallest absolute Gasteiger partial charge is 0.321 e. The molecule has 10 nitrogen and oxygen atoms in total. The predicted molar refractivity (Wildman–Crippen MR) is 117 cm³/mol. The highest BCUT2D eigenvalue weighted by Crippen LogP contribution is 2.42. The van der Waals surface area contributed by atoms with Crippen LogP contribution >= 0.6 is 0 Å². The number of nitrogens with zero attached hydrogens (tertiary/aromatic N) is 6.